The second kappa shape index (κ2) is 8.50. The molecular formula is C25H31N3O2. The van der Waals surface area contributed by atoms with Crippen molar-refractivity contribution in [2.24, 2.45) is 5.92 Å². The van der Waals surface area contributed by atoms with E-state index in [0.29, 0.717) is 26.1 Å². The van der Waals surface area contributed by atoms with E-state index in [1.807, 2.05) is 28.0 Å². The Kier molecular flexibility index (Phi) is 5.80. The number of anilines is 2. The molecule has 1 unspecified atom stereocenters. The van der Waals surface area contributed by atoms with Crippen LogP contribution < -0.4 is 9.80 Å². The number of carbonyl (C=O) groups is 2. The molecule has 2 aromatic rings. The topological polar surface area (TPSA) is 43.9 Å². The summed E-state index contributed by atoms with van der Waals surface area (Å²) in [6, 6.07) is 14.4. The summed E-state index contributed by atoms with van der Waals surface area (Å²) in [6.45, 7) is 9.97. The third kappa shape index (κ3) is 3.81. The van der Waals surface area contributed by atoms with Gasteiger partial charge in [-0.2, -0.15) is 0 Å². The highest BCUT2D eigenvalue weighted by molar-refractivity contribution is 6.00. The van der Waals surface area contributed by atoms with Gasteiger partial charge in [-0.15, -0.1) is 0 Å². The Bertz CT molecular complexity index is 947. The number of para-hydroxylation sites is 1. The van der Waals surface area contributed by atoms with Gasteiger partial charge in [-0.25, -0.2) is 0 Å². The summed E-state index contributed by atoms with van der Waals surface area (Å²) in [5.41, 5.74) is 5.98. The normalized spacial score (nSPS) is 19.5. The molecule has 0 saturated carbocycles. The Morgan fingerprint density at radius 3 is 2.40 bits per heavy atom. The molecular weight excluding hydrogens is 374 g/mol. The molecule has 4 rings (SSSR count). The van der Waals surface area contributed by atoms with Crippen LogP contribution in [0.25, 0.3) is 0 Å². The standard InChI is InChI=1S/C25H31N3O2/c1-4-20-9-5-6-10-23(20)28-17-21(16-24(28)29)25(30)27-14-12-26(13-15-27)22-11-7-8-18(2)19(22)3/h5-11,21H,4,12-17H2,1-3H3. The molecule has 5 nitrogen and oxygen atoms in total. The molecule has 0 radical (unpaired) electrons. The van der Waals surface area contributed by atoms with Crippen molar-refractivity contribution >= 4 is 23.2 Å². The number of benzene rings is 2. The van der Waals surface area contributed by atoms with E-state index in [1.54, 1.807) is 0 Å². The van der Waals surface area contributed by atoms with Crippen molar-refractivity contribution < 1.29 is 9.59 Å². The van der Waals surface area contributed by atoms with Crippen molar-refractivity contribution in [3.63, 3.8) is 0 Å². The maximum absolute atomic E-state index is 13.2. The molecule has 2 heterocycles. The van der Waals surface area contributed by atoms with E-state index >= 15 is 0 Å². The Hall–Kier alpha value is -2.82. The van der Waals surface area contributed by atoms with Gasteiger partial charge in [0.25, 0.3) is 0 Å². The maximum Gasteiger partial charge on any atom is 0.228 e. The molecule has 2 aliphatic rings. The summed E-state index contributed by atoms with van der Waals surface area (Å²) >= 11 is 0. The molecule has 0 bridgehead atoms. The second-order valence-electron chi connectivity index (χ2n) is 8.42. The van der Waals surface area contributed by atoms with Gasteiger partial charge in [0.15, 0.2) is 0 Å². The molecule has 5 heteroatoms. The van der Waals surface area contributed by atoms with Crippen LogP contribution in [0.1, 0.15) is 30.0 Å². The molecule has 2 aliphatic heterocycles. The smallest absolute Gasteiger partial charge is 0.228 e. The first kappa shape index (κ1) is 20.5. The van der Waals surface area contributed by atoms with Crippen molar-refractivity contribution in [3.8, 4) is 0 Å². The zero-order valence-corrected chi connectivity index (χ0v) is 18.2. The molecule has 2 amide bonds. The van der Waals surface area contributed by atoms with Crippen molar-refractivity contribution in [2.45, 2.75) is 33.6 Å². The number of piperazine rings is 1. The van der Waals surface area contributed by atoms with Crippen LogP contribution in [0.2, 0.25) is 0 Å². The van der Waals surface area contributed by atoms with E-state index in [1.165, 1.54) is 16.8 Å². The lowest BCUT2D eigenvalue weighted by atomic mass is 10.0. The summed E-state index contributed by atoms with van der Waals surface area (Å²) in [6.07, 6.45) is 1.19. The average molecular weight is 406 g/mol. The molecule has 0 aromatic heterocycles. The quantitative estimate of drug-likeness (QED) is 0.781. The van der Waals surface area contributed by atoms with E-state index in [2.05, 4.69) is 49.9 Å². The van der Waals surface area contributed by atoms with Gasteiger partial charge < -0.3 is 14.7 Å². The molecule has 2 fully saturated rings. The van der Waals surface area contributed by atoms with Crippen molar-refractivity contribution in [1.29, 1.82) is 0 Å². The number of rotatable bonds is 4. The van der Waals surface area contributed by atoms with Crippen LogP contribution in [-0.2, 0) is 16.0 Å². The summed E-state index contributed by atoms with van der Waals surface area (Å²) in [7, 11) is 0. The predicted octanol–water partition coefficient (Wildman–Crippen LogP) is 3.57. The highest BCUT2D eigenvalue weighted by Crippen LogP contribution is 2.30. The zero-order chi connectivity index (χ0) is 21.3. The van der Waals surface area contributed by atoms with Gasteiger partial charge in [0.2, 0.25) is 11.8 Å². The van der Waals surface area contributed by atoms with Crippen LogP contribution in [0.3, 0.4) is 0 Å². The number of aryl methyl sites for hydroxylation is 2. The lowest BCUT2D eigenvalue weighted by Gasteiger charge is -2.38. The zero-order valence-electron chi connectivity index (χ0n) is 18.2. The summed E-state index contributed by atoms with van der Waals surface area (Å²) in [4.78, 5) is 32.0. The predicted molar refractivity (Wildman–Crippen MR) is 121 cm³/mol. The summed E-state index contributed by atoms with van der Waals surface area (Å²) in [5, 5.41) is 0. The van der Waals surface area contributed by atoms with Gasteiger partial charge in [-0.1, -0.05) is 37.3 Å². The molecule has 30 heavy (non-hydrogen) atoms. The highest BCUT2D eigenvalue weighted by atomic mass is 16.2. The largest absolute Gasteiger partial charge is 0.368 e. The lowest BCUT2D eigenvalue weighted by Crippen LogP contribution is -2.51. The number of amides is 2. The molecule has 158 valence electrons. The van der Waals surface area contributed by atoms with Crippen LogP contribution in [0, 0.1) is 19.8 Å². The SMILES string of the molecule is CCc1ccccc1N1CC(C(=O)N2CCN(c3cccc(C)c3C)CC2)CC1=O. The van der Waals surface area contributed by atoms with Crippen LogP contribution >= 0.6 is 0 Å². The van der Waals surface area contributed by atoms with Crippen LogP contribution in [0.5, 0.6) is 0 Å². The molecule has 0 N–H and O–H groups in total. The van der Waals surface area contributed by atoms with E-state index in [9.17, 15) is 9.59 Å². The van der Waals surface area contributed by atoms with Gasteiger partial charge in [0.1, 0.15) is 0 Å². The third-order valence-electron chi connectivity index (χ3n) is 6.65. The van der Waals surface area contributed by atoms with E-state index in [4.69, 9.17) is 0 Å². The third-order valence-corrected chi connectivity index (χ3v) is 6.65. The van der Waals surface area contributed by atoms with E-state index < -0.39 is 0 Å². The lowest BCUT2D eigenvalue weighted by molar-refractivity contribution is -0.136. The highest BCUT2D eigenvalue weighted by Gasteiger charge is 2.38. The Morgan fingerprint density at radius 1 is 0.967 bits per heavy atom. The van der Waals surface area contributed by atoms with Crippen LogP contribution in [-0.4, -0.2) is 49.4 Å². The number of carbonyl (C=O) groups excluding carboxylic acids is 2. The van der Waals surface area contributed by atoms with Crippen molar-refractivity contribution in [2.75, 3.05) is 42.5 Å². The van der Waals surface area contributed by atoms with Gasteiger partial charge in [-0.05, 0) is 49.1 Å². The summed E-state index contributed by atoms with van der Waals surface area (Å²) < 4.78 is 0. The molecule has 0 spiro atoms. The first-order chi connectivity index (χ1) is 14.5. The van der Waals surface area contributed by atoms with Crippen LogP contribution in [0.4, 0.5) is 11.4 Å². The Morgan fingerprint density at radius 2 is 1.67 bits per heavy atom. The average Bonchev–Trinajstić information content (AvgIpc) is 3.16. The monoisotopic (exact) mass is 405 g/mol. The minimum Gasteiger partial charge on any atom is -0.368 e. The molecule has 2 aromatic carbocycles. The number of hydrogen-bond acceptors (Lipinski definition) is 3. The summed E-state index contributed by atoms with van der Waals surface area (Å²) in [5.74, 6) is -0.0571. The van der Waals surface area contributed by atoms with Gasteiger partial charge in [0.05, 0.1) is 5.92 Å². The fraction of sp³-hybridized carbons (Fsp3) is 0.440. The van der Waals surface area contributed by atoms with Gasteiger partial charge in [-0.3, -0.25) is 9.59 Å². The molecule has 0 aliphatic carbocycles. The Balaban J connectivity index is 1.40. The maximum atomic E-state index is 13.2. The molecule has 1 atom stereocenters. The van der Waals surface area contributed by atoms with E-state index in [0.717, 1.165) is 30.8 Å². The van der Waals surface area contributed by atoms with Gasteiger partial charge >= 0.3 is 0 Å². The fourth-order valence-electron chi connectivity index (χ4n) is 4.68. The first-order valence-electron chi connectivity index (χ1n) is 11.0. The van der Waals surface area contributed by atoms with E-state index in [-0.39, 0.29) is 17.7 Å². The first-order valence-corrected chi connectivity index (χ1v) is 11.0. The van der Waals surface area contributed by atoms with Gasteiger partial charge in [0, 0.05) is 50.5 Å². The molecule has 2 saturated heterocycles. The van der Waals surface area contributed by atoms with Crippen LogP contribution in [0.15, 0.2) is 42.5 Å². The second-order valence-corrected chi connectivity index (χ2v) is 8.42. The fourth-order valence-corrected chi connectivity index (χ4v) is 4.68. The number of nitrogens with zero attached hydrogens (tertiary/aromatic N) is 3. The Labute approximate surface area is 179 Å². The minimum absolute atomic E-state index is 0.0586. The number of hydrogen-bond donors (Lipinski definition) is 0. The van der Waals surface area contributed by atoms with Crippen molar-refractivity contribution in [3.05, 3.63) is 59.2 Å². The van der Waals surface area contributed by atoms with Crippen molar-refractivity contribution in [1.82, 2.24) is 4.90 Å². The minimum atomic E-state index is -0.241.